The fraction of sp³-hybridized carbons (Fsp3) is 0.714. The maximum Gasteiger partial charge on any atom is 0.0328 e. The Hall–Kier alpha value is -0.380. The maximum absolute atomic E-state index is 3.65. The van der Waals surface area contributed by atoms with Gasteiger partial charge < -0.3 is 5.32 Å². The highest BCUT2D eigenvalue weighted by Gasteiger charge is 2.27. The van der Waals surface area contributed by atoms with Crippen molar-refractivity contribution in [2.75, 3.05) is 19.6 Å². The number of nitrogens with zero attached hydrogens (tertiary/aromatic N) is 1. The Morgan fingerprint density at radius 3 is 2.94 bits per heavy atom. The summed E-state index contributed by atoms with van der Waals surface area (Å²) in [6.45, 7) is 9.10. The van der Waals surface area contributed by atoms with Crippen molar-refractivity contribution in [3.8, 4) is 0 Å². The van der Waals surface area contributed by atoms with E-state index in [-0.39, 0.29) is 0 Å². The van der Waals surface area contributed by atoms with Gasteiger partial charge in [0.15, 0.2) is 0 Å². The summed E-state index contributed by atoms with van der Waals surface area (Å²) in [5, 5.41) is 5.81. The summed E-state index contributed by atoms with van der Waals surface area (Å²) in [5.41, 5.74) is 0. The van der Waals surface area contributed by atoms with Gasteiger partial charge in [0.25, 0.3) is 0 Å². The third-order valence-electron chi connectivity index (χ3n) is 3.63. The average Bonchev–Trinajstić information content (AvgIpc) is 3.07. The van der Waals surface area contributed by atoms with Crippen LogP contribution < -0.4 is 5.32 Å². The summed E-state index contributed by atoms with van der Waals surface area (Å²) in [7, 11) is 0. The minimum absolute atomic E-state index is 0.718. The Morgan fingerprint density at radius 2 is 2.35 bits per heavy atom. The molecule has 1 aromatic rings. The zero-order valence-corrected chi connectivity index (χ0v) is 11.8. The fourth-order valence-corrected chi connectivity index (χ4v) is 2.93. The van der Waals surface area contributed by atoms with Crippen LogP contribution in [0.1, 0.15) is 31.6 Å². The smallest absolute Gasteiger partial charge is 0.0328 e. The highest BCUT2D eigenvalue weighted by atomic mass is 32.1. The van der Waals surface area contributed by atoms with Crippen molar-refractivity contribution < 1.29 is 0 Å². The number of rotatable bonds is 8. The summed E-state index contributed by atoms with van der Waals surface area (Å²) in [6.07, 6.45) is 2.86. The monoisotopic (exact) mass is 252 g/mol. The Kier molecular flexibility index (Phi) is 5.01. The predicted molar refractivity (Wildman–Crippen MR) is 75.5 cm³/mol. The molecule has 0 aromatic carbocycles. The normalized spacial score (nSPS) is 17.6. The standard InChI is InChI=1S/C14H24N2S/c1-3-16(11-14-5-4-10-17-14)9-8-15-12(2)13-6-7-13/h4-5,10,12-13,15H,3,6-9,11H2,1-2H3. The van der Waals surface area contributed by atoms with E-state index < -0.39 is 0 Å². The Morgan fingerprint density at radius 1 is 1.53 bits per heavy atom. The molecule has 0 radical (unpaired) electrons. The summed E-state index contributed by atoms with van der Waals surface area (Å²) in [5.74, 6) is 0.961. The molecule has 1 aromatic heterocycles. The van der Waals surface area contributed by atoms with Gasteiger partial charge in [-0.05, 0) is 43.7 Å². The van der Waals surface area contributed by atoms with Gasteiger partial charge in [-0.2, -0.15) is 0 Å². The van der Waals surface area contributed by atoms with Crippen LogP contribution in [0.5, 0.6) is 0 Å². The fourth-order valence-electron chi connectivity index (χ4n) is 2.19. The van der Waals surface area contributed by atoms with Crippen LogP contribution in [0.3, 0.4) is 0 Å². The van der Waals surface area contributed by atoms with Gasteiger partial charge in [-0.15, -0.1) is 11.3 Å². The van der Waals surface area contributed by atoms with Crippen LogP contribution in [-0.4, -0.2) is 30.6 Å². The minimum atomic E-state index is 0.718. The molecule has 0 bridgehead atoms. The second-order valence-corrected chi connectivity index (χ2v) is 6.06. The molecule has 1 aliphatic rings. The van der Waals surface area contributed by atoms with Gasteiger partial charge in [-0.1, -0.05) is 13.0 Å². The van der Waals surface area contributed by atoms with E-state index in [1.807, 2.05) is 11.3 Å². The molecule has 1 N–H and O–H groups in total. The Labute approximate surface area is 109 Å². The molecule has 1 saturated carbocycles. The van der Waals surface area contributed by atoms with Crippen molar-refractivity contribution in [3.63, 3.8) is 0 Å². The van der Waals surface area contributed by atoms with E-state index in [1.54, 1.807) is 0 Å². The first-order valence-corrected chi connectivity index (χ1v) is 7.65. The van der Waals surface area contributed by atoms with Crippen molar-refractivity contribution in [1.82, 2.24) is 10.2 Å². The lowest BCUT2D eigenvalue weighted by molar-refractivity contribution is 0.275. The number of nitrogens with one attached hydrogen (secondary N) is 1. The molecule has 1 heterocycles. The minimum Gasteiger partial charge on any atom is -0.313 e. The van der Waals surface area contributed by atoms with E-state index in [1.165, 1.54) is 17.7 Å². The summed E-state index contributed by atoms with van der Waals surface area (Å²) in [4.78, 5) is 3.99. The van der Waals surface area contributed by atoms with Crippen LogP contribution in [0.25, 0.3) is 0 Å². The van der Waals surface area contributed by atoms with E-state index in [0.29, 0.717) is 0 Å². The molecule has 1 fully saturated rings. The number of thiophene rings is 1. The van der Waals surface area contributed by atoms with Gasteiger partial charge >= 0.3 is 0 Å². The molecule has 2 rings (SSSR count). The molecule has 0 spiro atoms. The maximum atomic E-state index is 3.65. The van der Waals surface area contributed by atoms with Crippen LogP contribution in [0.15, 0.2) is 17.5 Å². The summed E-state index contributed by atoms with van der Waals surface area (Å²) < 4.78 is 0. The van der Waals surface area contributed by atoms with Crippen molar-refractivity contribution in [3.05, 3.63) is 22.4 Å². The second kappa shape index (κ2) is 6.53. The highest BCUT2D eigenvalue weighted by Crippen LogP contribution is 2.32. The lowest BCUT2D eigenvalue weighted by Crippen LogP contribution is -2.36. The lowest BCUT2D eigenvalue weighted by atomic mass is 10.2. The molecule has 3 heteroatoms. The van der Waals surface area contributed by atoms with Gasteiger partial charge in [-0.25, -0.2) is 0 Å². The molecule has 17 heavy (non-hydrogen) atoms. The molecule has 0 saturated heterocycles. The van der Waals surface area contributed by atoms with Gasteiger partial charge in [-0.3, -0.25) is 4.90 Å². The quantitative estimate of drug-likeness (QED) is 0.765. The highest BCUT2D eigenvalue weighted by molar-refractivity contribution is 7.09. The zero-order chi connectivity index (χ0) is 12.1. The molecule has 0 amide bonds. The first kappa shape index (κ1) is 13.1. The first-order chi connectivity index (χ1) is 8.29. The topological polar surface area (TPSA) is 15.3 Å². The molecule has 1 unspecified atom stereocenters. The molecule has 1 atom stereocenters. The van der Waals surface area contributed by atoms with Crippen molar-refractivity contribution >= 4 is 11.3 Å². The Bertz CT molecular complexity index is 306. The van der Waals surface area contributed by atoms with Gasteiger partial charge in [0.1, 0.15) is 0 Å². The number of likely N-dealkylation sites (N-methyl/N-ethyl adjacent to an activating group) is 1. The van der Waals surface area contributed by atoms with E-state index >= 15 is 0 Å². The zero-order valence-electron chi connectivity index (χ0n) is 11.0. The van der Waals surface area contributed by atoms with Gasteiger partial charge in [0.05, 0.1) is 0 Å². The molecule has 2 nitrogen and oxygen atoms in total. The van der Waals surface area contributed by atoms with Crippen LogP contribution >= 0.6 is 11.3 Å². The molecule has 96 valence electrons. The molecular weight excluding hydrogens is 228 g/mol. The van der Waals surface area contributed by atoms with Crippen LogP contribution in [-0.2, 0) is 6.54 Å². The first-order valence-electron chi connectivity index (χ1n) is 6.77. The summed E-state index contributed by atoms with van der Waals surface area (Å²) >= 11 is 1.86. The summed E-state index contributed by atoms with van der Waals surface area (Å²) in [6, 6.07) is 5.09. The van der Waals surface area contributed by atoms with Crippen molar-refractivity contribution in [2.24, 2.45) is 5.92 Å². The SMILES string of the molecule is CCN(CCNC(C)C1CC1)Cc1cccs1. The Balaban J connectivity index is 1.64. The number of hydrogen-bond acceptors (Lipinski definition) is 3. The van der Waals surface area contributed by atoms with Crippen LogP contribution in [0.2, 0.25) is 0 Å². The van der Waals surface area contributed by atoms with Crippen molar-refractivity contribution in [1.29, 1.82) is 0 Å². The average molecular weight is 252 g/mol. The third-order valence-corrected chi connectivity index (χ3v) is 4.49. The lowest BCUT2D eigenvalue weighted by Gasteiger charge is -2.21. The van der Waals surface area contributed by atoms with Gasteiger partial charge in [0.2, 0.25) is 0 Å². The van der Waals surface area contributed by atoms with E-state index in [2.05, 4.69) is 41.6 Å². The van der Waals surface area contributed by atoms with E-state index in [4.69, 9.17) is 0 Å². The van der Waals surface area contributed by atoms with E-state index in [0.717, 1.165) is 38.1 Å². The van der Waals surface area contributed by atoms with Crippen LogP contribution in [0, 0.1) is 5.92 Å². The van der Waals surface area contributed by atoms with Crippen molar-refractivity contribution in [2.45, 2.75) is 39.3 Å². The number of hydrogen-bond donors (Lipinski definition) is 1. The third kappa shape index (κ3) is 4.41. The molecular formula is C14H24N2S. The molecule has 0 aliphatic heterocycles. The predicted octanol–water partition coefficient (Wildman–Crippen LogP) is 2.96. The molecule has 1 aliphatic carbocycles. The van der Waals surface area contributed by atoms with Gasteiger partial charge in [0, 0.05) is 30.6 Å². The van der Waals surface area contributed by atoms with Crippen LogP contribution in [0.4, 0.5) is 0 Å². The van der Waals surface area contributed by atoms with E-state index in [9.17, 15) is 0 Å². The largest absolute Gasteiger partial charge is 0.313 e. The second-order valence-electron chi connectivity index (χ2n) is 5.03.